The molecule has 3 aromatic rings. The highest BCUT2D eigenvalue weighted by Crippen LogP contribution is 2.15. The fourth-order valence-corrected chi connectivity index (χ4v) is 3.82. The molecule has 0 N–H and O–H groups in total. The third-order valence-electron chi connectivity index (χ3n) is 4.00. The molecule has 3 rings (SSSR count). The average molecular weight is 376 g/mol. The molecule has 4 nitrogen and oxygen atoms in total. The van der Waals surface area contributed by atoms with Crippen LogP contribution in [0.5, 0.6) is 0 Å². The quantitative estimate of drug-likeness (QED) is 0.476. The molecular formula is C22H20N2O2S. The second-order valence-electron chi connectivity index (χ2n) is 6.14. The van der Waals surface area contributed by atoms with Crippen molar-refractivity contribution in [1.82, 2.24) is 0 Å². The predicted molar refractivity (Wildman–Crippen MR) is 110 cm³/mol. The van der Waals surface area contributed by atoms with Crippen molar-refractivity contribution in [3.63, 3.8) is 0 Å². The Bertz CT molecular complexity index is 1040. The fraction of sp³-hybridized carbons (Fsp3) is 0.0909. The molecule has 0 aliphatic carbocycles. The van der Waals surface area contributed by atoms with Gasteiger partial charge in [0.25, 0.3) is 0 Å². The summed E-state index contributed by atoms with van der Waals surface area (Å²) in [5.74, 6) is -0.216. The van der Waals surface area contributed by atoms with Gasteiger partial charge in [-0.05, 0) is 30.2 Å². The molecule has 0 amide bonds. The van der Waals surface area contributed by atoms with Crippen molar-refractivity contribution >= 4 is 21.8 Å². The predicted octanol–water partition coefficient (Wildman–Crippen LogP) is 4.29. The van der Waals surface area contributed by atoms with Gasteiger partial charge in [-0.15, -0.1) is 0 Å². The number of benzene rings is 3. The first-order valence-electron chi connectivity index (χ1n) is 8.54. The monoisotopic (exact) mass is 376 g/mol. The number of rotatable bonds is 6. The molecule has 136 valence electrons. The Balaban J connectivity index is 1.92. The Hall–Kier alpha value is -3.05. The van der Waals surface area contributed by atoms with Crippen molar-refractivity contribution in [2.75, 3.05) is 5.75 Å². The van der Waals surface area contributed by atoms with E-state index in [9.17, 15) is 8.42 Å². The zero-order chi connectivity index (χ0) is 19.1. The Morgan fingerprint density at radius 2 is 1.44 bits per heavy atom. The van der Waals surface area contributed by atoms with Crippen LogP contribution in [0.3, 0.4) is 0 Å². The summed E-state index contributed by atoms with van der Waals surface area (Å²) in [5, 5.41) is 8.33. The van der Waals surface area contributed by atoms with Crippen LogP contribution in [0.1, 0.15) is 16.7 Å². The molecule has 27 heavy (non-hydrogen) atoms. The Morgan fingerprint density at radius 1 is 0.852 bits per heavy atom. The Morgan fingerprint density at radius 3 is 2.07 bits per heavy atom. The molecule has 0 aromatic heterocycles. The molecule has 0 aliphatic heterocycles. The summed E-state index contributed by atoms with van der Waals surface area (Å²) in [6, 6.07) is 25.6. The molecule has 0 saturated heterocycles. The zero-order valence-corrected chi connectivity index (χ0v) is 15.8. The second kappa shape index (κ2) is 8.56. The summed E-state index contributed by atoms with van der Waals surface area (Å²) in [6.45, 7) is 1.92. The number of hydrogen-bond donors (Lipinski definition) is 0. The van der Waals surface area contributed by atoms with Crippen LogP contribution in [0.15, 0.2) is 100 Å². The summed E-state index contributed by atoms with van der Waals surface area (Å²) < 4.78 is 25.7. The Labute approximate surface area is 159 Å². The Kier molecular flexibility index (Phi) is 5.94. The van der Waals surface area contributed by atoms with Gasteiger partial charge < -0.3 is 0 Å². The van der Waals surface area contributed by atoms with Gasteiger partial charge >= 0.3 is 0 Å². The van der Waals surface area contributed by atoms with Gasteiger partial charge in [-0.1, -0.05) is 78.4 Å². The molecule has 0 saturated carbocycles. The lowest BCUT2D eigenvalue weighted by molar-refractivity contribution is 0.600. The average Bonchev–Trinajstić information content (AvgIpc) is 2.69. The molecular weight excluding hydrogens is 356 g/mol. The van der Waals surface area contributed by atoms with E-state index in [1.807, 2.05) is 67.6 Å². The maximum Gasteiger partial charge on any atom is 0.184 e. The molecule has 0 spiro atoms. The smallest absolute Gasteiger partial charge is 0.184 e. The van der Waals surface area contributed by atoms with Gasteiger partial charge in [0.15, 0.2) is 9.84 Å². The van der Waals surface area contributed by atoms with E-state index in [0.29, 0.717) is 5.71 Å². The van der Waals surface area contributed by atoms with E-state index in [1.54, 1.807) is 30.5 Å². The van der Waals surface area contributed by atoms with Crippen molar-refractivity contribution in [3.8, 4) is 0 Å². The number of aryl methyl sites for hydroxylation is 1. The molecule has 0 unspecified atom stereocenters. The minimum Gasteiger partial charge on any atom is -0.223 e. The van der Waals surface area contributed by atoms with Crippen molar-refractivity contribution in [2.24, 2.45) is 10.2 Å². The minimum atomic E-state index is -3.52. The van der Waals surface area contributed by atoms with Crippen LogP contribution in [0.2, 0.25) is 0 Å². The molecule has 0 radical (unpaired) electrons. The van der Waals surface area contributed by atoms with Crippen LogP contribution < -0.4 is 0 Å². The molecule has 0 fully saturated rings. The first kappa shape index (κ1) is 18.7. The van der Waals surface area contributed by atoms with Crippen LogP contribution in [0.25, 0.3) is 0 Å². The number of hydrogen-bond acceptors (Lipinski definition) is 4. The first-order chi connectivity index (χ1) is 13.0. The maximum atomic E-state index is 12.8. The number of sulfone groups is 1. The maximum absolute atomic E-state index is 12.8. The summed E-state index contributed by atoms with van der Waals surface area (Å²) in [4.78, 5) is 0.281. The molecule has 0 heterocycles. The zero-order valence-electron chi connectivity index (χ0n) is 15.0. The van der Waals surface area contributed by atoms with Crippen LogP contribution in [0, 0.1) is 6.92 Å². The fourth-order valence-electron chi connectivity index (χ4n) is 2.51. The van der Waals surface area contributed by atoms with E-state index in [-0.39, 0.29) is 10.6 Å². The largest absolute Gasteiger partial charge is 0.223 e. The van der Waals surface area contributed by atoms with E-state index in [0.717, 1.165) is 16.7 Å². The standard InChI is InChI=1S/C22H20N2O2S/c1-18-12-14-21(15-13-18)27(25,26)17-22(20-10-6-3-7-11-20)24-23-16-19-8-4-2-5-9-19/h2-16H,17H2,1H3/b23-16+,24-22-. The molecule has 0 aliphatic rings. The summed E-state index contributed by atoms with van der Waals surface area (Å²) in [7, 11) is -3.52. The highest BCUT2D eigenvalue weighted by molar-refractivity contribution is 7.92. The van der Waals surface area contributed by atoms with Crippen molar-refractivity contribution < 1.29 is 8.42 Å². The lowest BCUT2D eigenvalue weighted by Gasteiger charge is -2.07. The highest BCUT2D eigenvalue weighted by atomic mass is 32.2. The lowest BCUT2D eigenvalue weighted by atomic mass is 10.1. The van der Waals surface area contributed by atoms with Gasteiger partial charge in [-0.3, -0.25) is 0 Å². The van der Waals surface area contributed by atoms with E-state index in [4.69, 9.17) is 0 Å². The summed E-state index contributed by atoms with van der Waals surface area (Å²) in [6.07, 6.45) is 1.61. The van der Waals surface area contributed by atoms with E-state index in [1.165, 1.54) is 0 Å². The SMILES string of the molecule is Cc1ccc(S(=O)(=O)C/C(=N/N=C/c2ccccc2)c2ccccc2)cc1. The highest BCUT2D eigenvalue weighted by Gasteiger charge is 2.19. The van der Waals surface area contributed by atoms with Crippen LogP contribution in [0.4, 0.5) is 0 Å². The lowest BCUT2D eigenvalue weighted by Crippen LogP contribution is -2.17. The molecule has 0 bridgehead atoms. The normalized spacial score (nSPS) is 12.4. The van der Waals surface area contributed by atoms with E-state index >= 15 is 0 Å². The van der Waals surface area contributed by atoms with E-state index in [2.05, 4.69) is 10.2 Å². The second-order valence-corrected chi connectivity index (χ2v) is 8.13. The van der Waals surface area contributed by atoms with Gasteiger partial charge in [-0.25, -0.2) is 8.42 Å². The minimum absolute atomic E-state index is 0.216. The van der Waals surface area contributed by atoms with Gasteiger partial charge in [0.2, 0.25) is 0 Å². The van der Waals surface area contributed by atoms with E-state index < -0.39 is 9.84 Å². The molecule has 0 atom stereocenters. The van der Waals surface area contributed by atoms with Crippen LogP contribution in [-0.4, -0.2) is 26.1 Å². The molecule has 5 heteroatoms. The van der Waals surface area contributed by atoms with Gasteiger partial charge in [-0.2, -0.15) is 10.2 Å². The van der Waals surface area contributed by atoms with Gasteiger partial charge in [0, 0.05) is 0 Å². The third kappa shape index (κ3) is 5.21. The van der Waals surface area contributed by atoms with Crippen molar-refractivity contribution in [2.45, 2.75) is 11.8 Å². The van der Waals surface area contributed by atoms with Gasteiger partial charge in [0.05, 0.1) is 22.6 Å². The van der Waals surface area contributed by atoms with Gasteiger partial charge in [0.1, 0.15) is 0 Å². The molecule has 3 aromatic carbocycles. The van der Waals surface area contributed by atoms with Crippen molar-refractivity contribution in [3.05, 3.63) is 102 Å². The summed E-state index contributed by atoms with van der Waals surface area (Å²) >= 11 is 0. The van der Waals surface area contributed by atoms with Crippen LogP contribution in [-0.2, 0) is 9.84 Å². The summed E-state index contributed by atoms with van der Waals surface area (Å²) in [5.41, 5.74) is 3.05. The third-order valence-corrected chi connectivity index (χ3v) is 5.64. The first-order valence-corrected chi connectivity index (χ1v) is 10.2. The number of nitrogens with zero attached hydrogens (tertiary/aromatic N) is 2. The topological polar surface area (TPSA) is 58.9 Å². The van der Waals surface area contributed by atoms with Crippen LogP contribution >= 0.6 is 0 Å². The van der Waals surface area contributed by atoms with Crippen molar-refractivity contribution in [1.29, 1.82) is 0 Å².